The third kappa shape index (κ3) is 4.35. The number of anilines is 3. The zero-order valence-electron chi connectivity index (χ0n) is 27.1. The van der Waals surface area contributed by atoms with E-state index in [9.17, 15) is 0 Å². The summed E-state index contributed by atoms with van der Waals surface area (Å²) >= 11 is 0. The van der Waals surface area contributed by atoms with E-state index < -0.39 is 0 Å². The van der Waals surface area contributed by atoms with Gasteiger partial charge in [-0.05, 0) is 64.4 Å². The Hall–Kier alpha value is -5.49. The van der Waals surface area contributed by atoms with Crippen LogP contribution in [0.4, 0.5) is 17.1 Å². The average molecular weight is 611 g/mol. The Morgan fingerprint density at radius 1 is 0.681 bits per heavy atom. The lowest BCUT2D eigenvalue weighted by Gasteiger charge is -2.33. The van der Waals surface area contributed by atoms with Crippen LogP contribution in [0.1, 0.15) is 26.3 Å². The van der Waals surface area contributed by atoms with Crippen molar-refractivity contribution in [3.63, 3.8) is 0 Å². The molecule has 4 heterocycles. The normalized spacial score (nSPS) is 13.7. The quantitative estimate of drug-likeness (QED) is 0.192. The molecule has 228 valence electrons. The summed E-state index contributed by atoms with van der Waals surface area (Å²) < 4.78 is 8.98. The average Bonchev–Trinajstić information content (AvgIpc) is 3.60. The Labute approximate surface area is 275 Å². The second-order valence-corrected chi connectivity index (χ2v) is 13.8. The smallest absolute Gasteiger partial charge is 0.246 e. The van der Waals surface area contributed by atoms with E-state index in [1.807, 2.05) is 6.20 Å². The maximum atomic E-state index is 6.71. The van der Waals surface area contributed by atoms with E-state index in [2.05, 4.69) is 164 Å². The number of hydrogen-bond acceptors (Lipinski definition) is 4. The molecule has 0 saturated carbocycles. The van der Waals surface area contributed by atoms with E-state index >= 15 is 0 Å². The second-order valence-electron chi connectivity index (χ2n) is 13.8. The SMILES string of the molecule is CN1CN2c3cc(Oc4ccc5c6ccccc6n(-c6cc(C(C)(C)C)ccn6)c5c4)ccc3B(c3ccccc3)c3cccc1c32. The highest BCUT2D eigenvalue weighted by molar-refractivity contribution is 6.98. The van der Waals surface area contributed by atoms with Crippen molar-refractivity contribution in [2.45, 2.75) is 26.2 Å². The van der Waals surface area contributed by atoms with Gasteiger partial charge in [0.1, 0.15) is 17.3 Å². The summed E-state index contributed by atoms with van der Waals surface area (Å²) in [6.07, 6.45) is 1.92. The fraction of sp³-hybridized carbons (Fsp3) is 0.146. The summed E-state index contributed by atoms with van der Waals surface area (Å²) in [4.78, 5) is 9.63. The van der Waals surface area contributed by atoms with Crippen molar-refractivity contribution in [1.82, 2.24) is 9.55 Å². The summed E-state index contributed by atoms with van der Waals surface area (Å²) in [5.41, 5.74) is 11.2. The van der Waals surface area contributed by atoms with E-state index in [0.717, 1.165) is 35.0 Å². The minimum Gasteiger partial charge on any atom is -0.457 e. The molecule has 0 saturated heterocycles. The molecule has 7 aromatic rings. The molecular weight excluding hydrogens is 575 g/mol. The Morgan fingerprint density at radius 3 is 2.30 bits per heavy atom. The molecule has 5 aromatic carbocycles. The van der Waals surface area contributed by atoms with Gasteiger partial charge in [0, 0.05) is 41.8 Å². The van der Waals surface area contributed by atoms with Crippen molar-refractivity contribution in [1.29, 1.82) is 0 Å². The third-order valence-corrected chi connectivity index (χ3v) is 9.85. The highest BCUT2D eigenvalue weighted by Gasteiger charge is 2.39. The van der Waals surface area contributed by atoms with Crippen molar-refractivity contribution >= 4 is 62.0 Å². The summed E-state index contributed by atoms with van der Waals surface area (Å²) in [7, 11) is 2.17. The maximum Gasteiger partial charge on any atom is 0.246 e. The number of aromatic nitrogens is 2. The topological polar surface area (TPSA) is 33.5 Å². The van der Waals surface area contributed by atoms with Gasteiger partial charge < -0.3 is 14.5 Å². The number of nitrogens with zero attached hydrogens (tertiary/aromatic N) is 4. The monoisotopic (exact) mass is 610 g/mol. The predicted molar refractivity (Wildman–Crippen MR) is 197 cm³/mol. The Kier molecular flexibility index (Phi) is 6.07. The van der Waals surface area contributed by atoms with Gasteiger partial charge in [-0.15, -0.1) is 0 Å². The molecular formula is C41H35BN4O. The number of rotatable bonds is 4. The van der Waals surface area contributed by atoms with Crippen molar-refractivity contribution in [3.05, 3.63) is 133 Å². The molecule has 2 aliphatic rings. The van der Waals surface area contributed by atoms with E-state index in [4.69, 9.17) is 9.72 Å². The van der Waals surface area contributed by atoms with Gasteiger partial charge in [0.25, 0.3) is 0 Å². The van der Waals surface area contributed by atoms with E-state index in [1.54, 1.807) is 0 Å². The summed E-state index contributed by atoms with van der Waals surface area (Å²) in [5, 5.41) is 2.38. The molecule has 0 amide bonds. The molecule has 5 nitrogen and oxygen atoms in total. The Bertz CT molecular complexity index is 2340. The first kappa shape index (κ1) is 27.8. The van der Waals surface area contributed by atoms with E-state index in [1.165, 1.54) is 49.8 Å². The van der Waals surface area contributed by atoms with Crippen LogP contribution in [0.3, 0.4) is 0 Å². The molecule has 6 heteroatoms. The molecule has 2 aromatic heterocycles. The minimum atomic E-state index is 0.0160. The fourth-order valence-electron chi connectivity index (χ4n) is 7.58. The van der Waals surface area contributed by atoms with Gasteiger partial charge in [-0.25, -0.2) is 4.98 Å². The highest BCUT2D eigenvalue weighted by Crippen LogP contribution is 2.42. The van der Waals surface area contributed by atoms with Crippen molar-refractivity contribution < 1.29 is 4.74 Å². The van der Waals surface area contributed by atoms with E-state index in [-0.39, 0.29) is 12.1 Å². The van der Waals surface area contributed by atoms with Crippen LogP contribution in [0.25, 0.3) is 27.6 Å². The van der Waals surface area contributed by atoms with Gasteiger partial charge in [-0.1, -0.05) is 93.0 Å². The predicted octanol–water partition coefficient (Wildman–Crippen LogP) is 7.64. The number of fused-ring (bicyclic) bond motifs is 5. The second kappa shape index (κ2) is 10.3. The lowest BCUT2D eigenvalue weighted by atomic mass is 9.35. The van der Waals surface area contributed by atoms with E-state index in [0.29, 0.717) is 0 Å². The number of ether oxygens (including phenoxy) is 1. The molecule has 0 radical (unpaired) electrons. The van der Waals surface area contributed by atoms with Gasteiger partial charge in [0.15, 0.2) is 0 Å². The lowest BCUT2D eigenvalue weighted by Crippen LogP contribution is -2.57. The first-order valence-electron chi connectivity index (χ1n) is 16.3. The summed E-state index contributed by atoms with van der Waals surface area (Å²) in [6, 6.07) is 43.5. The Morgan fingerprint density at radius 2 is 1.45 bits per heavy atom. The van der Waals surface area contributed by atoms with Crippen LogP contribution >= 0.6 is 0 Å². The van der Waals surface area contributed by atoms with Gasteiger partial charge in [-0.3, -0.25) is 4.57 Å². The van der Waals surface area contributed by atoms with Gasteiger partial charge in [-0.2, -0.15) is 0 Å². The van der Waals surface area contributed by atoms with Gasteiger partial charge in [0.2, 0.25) is 6.71 Å². The first-order valence-corrected chi connectivity index (χ1v) is 16.3. The number of para-hydroxylation sites is 2. The van der Waals surface area contributed by atoms with Gasteiger partial charge >= 0.3 is 0 Å². The first-order chi connectivity index (χ1) is 22.8. The maximum absolute atomic E-state index is 6.71. The van der Waals surface area contributed by atoms with Crippen LogP contribution in [-0.2, 0) is 5.41 Å². The van der Waals surface area contributed by atoms with Crippen LogP contribution in [0, 0.1) is 0 Å². The lowest BCUT2D eigenvalue weighted by molar-refractivity contribution is 0.483. The van der Waals surface area contributed by atoms with Crippen LogP contribution < -0.4 is 30.9 Å². The molecule has 0 unspecified atom stereocenters. The molecule has 47 heavy (non-hydrogen) atoms. The molecule has 0 bridgehead atoms. The third-order valence-electron chi connectivity index (χ3n) is 9.85. The van der Waals surface area contributed by atoms with Crippen LogP contribution in [-0.4, -0.2) is 30.0 Å². The van der Waals surface area contributed by atoms with Crippen molar-refractivity contribution in [3.8, 4) is 17.3 Å². The number of pyridine rings is 1. The molecule has 2 aliphatic heterocycles. The number of benzene rings is 5. The summed E-state index contributed by atoms with van der Waals surface area (Å²) in [6.45, 7) is 7.68. The molecule has 0 spiro atoms. The standard InChI is InChI=1S/C41H35BN4O/c1-41(2,3)27-21-22-43-39(23-27)46-35-15-9-8-13-31(35)32-19-17-29(24-37(32)46)47-30-18-20-33-38(25-30)45-26-44(4)36-16-10-14-34(40(36)45)42(33)28-11-6-5-7-12-28/h5-25H,26H2,1-4H3. The summed E-state index contributed by atoms with van der Waals surface area (Å²) in [5.74, 6) is 2.53. The van der Waals surface area contributed by atoms with Crippen LogP contribution in [0.2, 0.25) is 0 Å². The molecule has 0 atom stereocenters. The van der Waals surface area contributed by atoms with Crippen molar-refractivity contribution in [2.24, 2.45) is 0 Å². The zero-order valence-corrected chi connectivity index (χ0v) is 27.1. The molecule has 9 rings (SSSR count). The molecule has 0 aliphatic carbocycles. The fourth-order valence-corrected chi connectivity index (χ4v) is 7.58. The largest absolute Gasteiger partial charge is 0.457 e. The van der Waals surface area contributed by atoms with Crippen molar-refractivity contribution in [2.75, 3.05) is 23.5 Å². The molecule has 0 fully saturated rings. The van der Waals surface area contributed by atoms with Gasteiger partial charge in [0.05, 0.1) is 29.1 Å². The zero-order chi connectivity index (χ0) is 31.9. The van der Waals surface area contributed by atoms with Crippen LogP contribution in [0.5, 0.6) is 11.5 Å². The molecule has 0 N–H and O–H groups in total. The highest BCUT2D eigenvalue weighted by atomic mass is 16.5. The van der Waals surface area contributed by atoms with Crippen LogP contribution in [0.15, 0.2) is 128 Å². The minimum absolute atomic E-state index is 0.0160. The Balaban J connectivity index is 1.16. The number of hydrogen-bond donors (Lipinski definition) is 0.